The summed E-state index contributed by atoms with van der Waals surface area (Å²) in [6, 6.07) is 0. The van der Waals surface area contributed by atoms with E-state index >= 15 is 0 Å². The van der Waals surface area contributed by atoms with Crippen LogP contribution in [0.1, 0.15) is 67.7 Å². The highest BCUT2D eigenvalue weighted by atomic mass is 16.2. The van der Waals surface area contributed by atoms with Crippen LogP contribution < -0.4 is 5.32 Å². The van der Waals surface area contributed by atoms with Crippen molar-refractivity contribution in [2.24, 2.45) is 0 Å². The van der Waals surface area contributed by atoms with E-state index in [9.17, 15) is 4.79 Å². The lowest BCUT2D eigenvalue weighted by Crippen LogP contribution is -2.32. The van der Waals surface area contributed by atoms with E-state index in [4.69, 9.17) is 0 Å². The first kappa shape index (κ1) is 22.6. The average molecular weight is 260 g/mol. The molecule has 0 aliphatic rings. The standard InChI is InChI=1S/C11H24N2O.2C2H6/c1-4-6-9-13(11(3)14)10-7-8-12-5-2;2*1-2/h12H,4-10H2,1-3H3;2*1-2H3. The zero-order valence-electron chi connectivity index (χ0n) is 13.8. The first-order valence-electron chi connectivity index (χ1n) is 7.68. The van der Waals surface area contributed by atoms with Crippen molar-refractivity contribution in [2.75, 3.05) is 26.2 Å². The van der Waals surface area contributed by atoms with Gasteiger partial charge in [0.05, 0.1) is 0 Å². The van der Waals surface area contributed by atoms with Gasteiger partial charge >= 0.3 is 0 Å². The van der Waals surface area contributed by atoms with Crippen LogP contribution in [0.5, 0.6) is 0 Å². The van der Waals surface area contributed by atoms with Crippen LogP contribution in [0.4, 0.5) is 0 Å². The quantitative estimate of drug-likeness (QED) is 0.675. The molecule has 3 heteroatoms. The summed E-state index contributed by atoms with van der Waals surface area (Å²) in [5.74, 6) is 0.204. The number of amides is 1. The van der Waals surface area contributed by atoms with Crippen LogP contribution in [0.15, 0.2) is 0 Å². The van der Waals surface area contributed by atoms with Gasteiger partial charge in [-0.1, -0.05) is 48.0 Å². The van der Waals surface area contributed by atoms with Crippen LogP contribution in [-0.4, -0.2) is 37.0 Å². The minimum absolute atomic E-state index is 0.204. The number of hydrogen-bond donors (Lipinski definition) is 1. The molecule has 112 valence electrons. The second kappa shape index (κ2) is 21.7. The van der Waals surface area contributed by atoms with Gasteiger partial charge in [0.1, 0.15) is 0 Å². The first-order valence-corrected chi connectivity index (χ1v) is 7.68. The van der Waals surface area contributed by atoms with Gasteiger partial charge in [-0.05, 0) is 25.9 Å². The molecule has 1 N–H and O–H groups in total. The zero-order valence-corrected chi connectivity index (χ0v) is 13.8. The van der Waals surface area contributed by atoms with Crippen molar-refractivity contribution in [3.8, 4) is 0 Å². The Labute approximate surface area is 115 Å². The van der Waals surface area contributed by atoms with E-state index in [1.807, 2.05) is 32.6 Å². The second-order valence-electron chi connectivity index (χ2n) is 3.57. The Morgan fingerprint density at radius 1 is 1.00 bits per heavy atom. The van der Waals surface area contributed by atoms with Crippen LogP contribution in [0.3, 0.4) is 0 Å². The molecule has 0 fully saturated rings. The van der Waals surface area contributed by atoms with Gasteiger partial charge in [0.25, 0.3) is 0 Å². The van der Waals surface area contributed by atoms with E-state index in [2.05, 4.69) is 19.2 Å². The molecule has 0 radical (unpaired) electrons. The number of unbranched alkanes of at least 4 members (excludes halogenated alkanes) is 1. The van der Waals surface area contributed by atoms with E-state index in [1.165, 1.54) is 0 Å². The van der Waals surface area contributed by atoms with Crippen LogP contribution in [0, 0.1) is 0 Å². The summed E-state index contributed by atoms with van der Waals surface area (Å²) >= 11 is 0. The maximum atomic E-state index is 11.2. The van der Waals surface area contributed by atoms with Gasteiger partial charge in [-0.25, -0.2) is 0 Å². The predicted molar refractivity (Wildman–Crippen MR) is 83.0 cm³/mol. The number of carbonyl (C=O) groups is 1. The Kier molecular flexibility index (Phi) is 27.2. The van der Waals surface area contributed by atoms with Crippen molar-refractivity contribution in [2.45, 2.75) is 67.7 Å². The summed E-state index contributed by atoms with van der Waals surface area (Å²) in [7, 11) is 0. The van der Waals surface area contributed by atoms with Crippen molar-refractivity contribution in [1.82, 2.24) is 10.2 Å². The summed E-state index contributed by atoms with van der Waals surface area (Å²) in [6.07, 6.45) is 3.31. The van der Waals surface area contributed by atoms with Crippen LogP contribution in [-0.2, 0) is 4.79 Å². The van der Waals surface area contributed by atoms with Gasteiger partial charge in [-0.15, -0.1) is 0 Å². The lowest BCUT2D eigenvalue weighted by molar-refractivity contribution is -0.129. The predicted octanol–water partition coefficient (Wildman–Crippen LogP) is 3.69. The Balaban J connectivity index is -0.000000506. The van der Waals surface area contributed by atoms with Crippen LogP contribution in [0.25, 0.3) is 0 Å². The lowest BCUT2D eigenvalue weighted by atomic mass is 10.3. The molecular weight excluding hydrogens is 224 g/mol. The second-order valence-corrected chi connectivity index (χ2v) is 3.57. The number of rotatable bonds is 8. The normalized spacial score (nSPS) is 8.61. The monoisotopic (exact) mass is 260 g/mol. The SMILES string of the molecule is CC.CC.CCCCN(CCCNCC)C(C)=O. The number of nitrogens with one attached hydrogen (secondary N) is 1. The highest BCUT2D eigenvalue weighted by Crippen LogP contribution is 1.97. The molecule has 0 rings (SSSR count). The Morgan fingerprint density at radius 3 is 1.89 bits per heavy atom. The fraction of sp³-hybridized carbons (Fsp3) is 0.933. The molecule has 0 saturated carbocycles. The highest BCUT2D eigenvalue weighted by Gasteiger charge is 2.06. The van der Waals surface area contributed by atoms with Gasteiger partial charge < -0.3 is 10.2 Å². The van der Waals surface area contributed by atoms with E-state index in [0.717, 1.165) is 45.4 Å². The largest absolute Gasteiger partial charge is 0.343 e. The molecule has 0 aromatic carbocycles. The van der Waals surface area contributed by atoms with Crippen molar-refractivity contribution < 1.29 is 4.79 Å². The maximum absolute atomic E-state index is 11.2. The summed E-state index contributed by atoms with van der Waals surface area (Å²) < 4.78 is 0. The first-order chi connectivity index (χ1) is 8.72. The van der Waals surface area contributed by atoms with Crippen molar-refractivity contribution in [3.05, 3.63) is 0 Å². The third-order valence-corrected chi connectivity index (χ3v) is 2.26. The molecule has 1 amide bonds. The Hall–Kier alpha value is -0.570. The van der Waals surface area contributed by atoms with Gasteiger partial charge in [0.15, 0.2) is 0 Å². The van der Waals surface area contributed by atoms with Gasteiger partial charge in [0.2, 0.25) is 5.91 Å². The molecule has 0 spiro atoms. The van der Waals surface area contributed by atoms with Crippen molar-refractivity contribution >= 4 is 5.91 Å². The highest BCUT2D eigenvalue weighted by molar-refractivity contribution is 5.73. The Morgan fingerprint density at radius 2 is 1.50 bits per heavy atom. The summed E-state index contributed by atoms with van der Waals surface area (Å²) in [6.45, 7) is 17.7. The molecule has 0 bridgehead atoms. The lowest BCUT2D eigenvalue weighted by Gasteiger charge is -2.20. The molecule has 0 unspecified atom stereocenters. The molecule has 0 aromatic heterocycles. The molecule has 0 aromatic rings. The molecule has 0 saturated heterocycles. The van der Waals surface area contributed by atoms with E-state index in [0.29, 0.717) is 0 Å². The summed E-state index contributed by atoms with van der Waals surface area (Å²) in [5.41, 5.74) is 0. The summed E-state index contributed by atoms with van der Waals surface area (Å²) in [5, 5.41) is 3.26. The van der Waals surface area contributed by atoms with E-state index in [1.54, 1.807) is 6.92 Å². The molecule has 0 aliphatic carbocycles. The molecule has 18 heavy (non-hydrogen) atoms. The average Bonchev–Trinajstić information content (AvgIpc) is 2.42. The van der Waals surface area contributed by atoms with Crippen LogP contribution >= 0.6 is 0 Å². The number of hydrogen-bond acceptors (Lipinski definition) is 2. The topological polar surface area (TPSA) is 32.3 Å². The smallest absolute Gasteiger partial charge is 0.219 e. The van der Waals surface area contributed by atoms with Gasteiger partial charge in [-0.3, -0.25) is 4.79 Å². The van der Waals surface area contributed by atoms with E-state index < -0.39 is 0 Å². The molecule has 0 aliphatic heterocycles. The third kappa shape index (κ3) is 17.8. The Bertz CT molecular complexity index is 149. The fourth-order valence-corrected chi connectivity index (χ4v) is 1.35. The third-order valence-electron chi connectivity index (χ3n) is 2.26. The van der Waals surface area contributed by atoms with Gasteiger partial charge in [0, 0.05) is 20.0 Å². The van der Waals surface area contributed by atoms with Crippen molar-refractivity contribution in [1.29, 1.82) is 0 Å². The molecule has 0 heterocycles. The minimum Gasteiger partial charge on any atom is -0.343 e. The molecule has 0 atom stereocenters. The maximum Gasteiger partial charge on any atom is 0.219 e. The fourth-order valence-electron chi connectivity index (χ4n) is 1.35. The molecular formula is C15H36N2O. The zero-order chi connectivity index (χ0) is 14.8. The number of nitrogens with zero attached hydrogens (tertiary/aromatic N) is 1. The summed E-state index contributed by atoms with van der Waals surface area (Å²) in [4.78, 5) is 13.2. The molecule has 3 nitrogen and oxygen atoms in total. The minimum atomic E-state index is 0.204. The van der Waals surface area contributed by atoms with Crippen LogP contribution in [0.2, 0.25) is 0 Å². The van der Waals surface area contributed by atoms with Gasteiger partial charge in [-0.2, -0.15) is 0 Å². The number of carbonyl (C=O) groups excluding carboxylic acids is 1. The van der Waals surface area contributed by atoms with E-state index in [-0.39, 0.29) is 5.91 Å². The van der Waals surface area contributed by atoms with Crippen molar-refractivity contribution in [3.63, 3.8) is 0 Å².